The second-order valence-electron chi connectivity index (χ2n) is 15.6. The van der Waals surface area contributed by atoms with Crippen LogP contribution in [0, 0.1) is 0 Å². The standard InChI is InChI=1S/C57H37N5/c1-5-17-38(18-6-1)42-35-43(37-44(36-42)57-59-55(40-19-7-2-8-20-40)58-56(60-57)41-21-9-3-10-22-41)39-29-31-46(32-30-39)62-50-28-16-14-26-48(50)54-52(62)34-33-51-53(54)47-25-13-15-27-49(47)61(51)45-23-11-4-12-24-45/h1-37H. The highest BCUT2D eigenvalue weighted by atomic mass is 15.0. The van der Waals surface area contributed by atoms with Crippen molar-refractivity contribution in [3.63, 3.8) is 0 Å². The Morgan fingerprint density at radius 3 is 1.08 bits per heavy atom. The van der Waals surface area contributed by atoms with Crippen molar-refractivity contribution in [1.29, 1.82) is 0 Å². The van der Waals surface area contributed by atoms with Crippen molar-refractivity contribution in [2.45, 2.75) is 0 Å². The van der Waals surface area contributed by atoms with Crippen LogP contribution in [0.5, 0.6) is 0 Å². The lowest BCUT2D eigenvalue weighted by Gasteiger charge is -2.13. The van der Waals surface area contributed by atoms with Crippen molar-refractivity contribution < 1.29 is 0 Å². The number of nitrogens with zero attached hydrogens (tertiary/aromatic N) is 5. The molecule has 0 radical (unpaired) electrons. The highest BCUT2D eigenvalue weighted by Crippen LogP contribution is 2.43. The molecule has 12 rings (SSSR count). The quantitative estimate of drug-likeness (QED) is 0.162. The molecule has 0 saturated heterocycles. The first-order chi connectivity index (χ1) is 30.7. The maximum absolute atomic E-state index is 5.11. The summed E-state index contributed by atoms with van der Waals surface area (Å²) < 4.78 is 4.81. The van der Waals surface area contributed by atoms with Gasteiger partial charge >= 0.3 is 0 Å². The zero-order chi connectivity index (χ0) is 41.0. The van der Waals surface area contributed by atoms with Crippen LogP contribution in [0.4, 0.5) is 0 Å². The summed E-state index contributed by atoms with van der Waals surface area (Å²) in [6.07, 6.45) is 0. The summed E-state index contributed by atoms with van der Waals surface area (Å²) in [6, 6.07) is 79.3. The Morgan fingerprint density at radius 1 is 0.242 bits per heavy atom. The summed E-state index contributed by atoms with van der Waals surface area (Å²) in [5, 5.41) is 5.00. The van der Waals surface area contributed by atoms with Gasteiger partial charge in [-0.15, -0.1) is 0 Å². The maximum Gasteiger partial charge on any atom is 0.164 e. The van der Waals surface area contributed by atoms with Crippen molar-refractivity contribution in [1.82, 2.24) is 24.1 Å². The van der Waals surface area contributed by atoms with Gasteiger partial charge in [0.1, 0.15) is 0 Å². The molecule has 3 aromatic heterocycles. The molecule has 0 aliphatic carbocycles. The average Bonchev–Trinajstić information content (AvgIpc) is 3.88. The Hall–Kier alpha value is -8.41. The van der Waals surface area contributed by atoms with Gasteiger partial charge in [0.05, 0.1) is 22.1 Å². The van der Waals surface area contributed by atoms with Crippen molar-refractivity contribution in [3.8, 4) is 67.8 Å². The monoisotopic (exact) mass is 791 g/mol. The SMILES string of the molecule is c1ccc(-c2cc(-c3ccc(-n4c5ccccc5c5c6c7ccccc7n(-c7ccccc7)c6ccc54)cc3)cc(-c3nc(-c4ccccc4)nc(-c4ccccc4)n3)c2)cc1. The Bertz CT molecular complexity index is 3540. The van der Waals surface area contributed by atoms with Crippen LogP contribution >= 0.6 is 0 Å². The molecule has 5 heteroatoms. The summed E-state index contributed by atoms with van der Waals surface area (Å²) >= 11 is 0. The van der Waals surface area contributed by atoms with Gasteiger partial charge in [-0.3, -0.25) is 0 Å². The fourth-order valence-corrected chi connectivity index (χ4v) is 9.11. The predicted octanol–water partition coefficient (Wildman–Crippen LogP) is 14.4. The van der Waals surface area contributed by atoms with Crippen molar-refractivity contribution in [2.75, 3.05) is 0 Å². The molecule has 3 heterocycles. The summed E-state index contributed by atoms with van der Waals surface area (Å²) in [7, 11) is 0. The summed E-state index contributed by atoms with van der Waals surface area (Å²) in [6.45, 7) is 0. The fraction of sp³-hybridized carbons (Fsp3) is 0. The smallest absolute Gasteiger partial charge is 0.164 e. The molecule has 0 unspecified atom stereocenters. The summed E-state index contributed by atoms with van der Waals surface area (Å²) in [4.78, 5) is 15.2. The molecule has 62 heavy (non-hydrogen) atoms. The van der Waals surface area contributed by atoms with E-state index in [0.29, 0.717) is 17.5 Å². The zero-order valence-corrected chi connectivity index (χ0v) is 33.6. The van der Waals surface area contributed by atoms with Crippen molar-refractivity contribution in [2.24, 2.45) is 0 Å². The second-order valence-corrected chi connectivity index (χ2v) is 15.6. The molecule has 0 aliphatic heterocycles. The predicted molar refractivity (Wildman–Crippen MR) is 256 cm³/mol. The van der Waals surface area contributed by atoms with E-state index in [1.807, 2.05) is 60.7 Å². The van der Waals surface area contributed by atoms with Gasteiger partial charge in [-0.2, -0.15) is 0 Å². The van der Waals surface area contributed by atoms with Gasteiger partial charge in [0.2, 0.25) is 0 Å². The van der Waals surface area contributed by atoms with Gasteiger partial charge in [0.15, 0.2) is 17.5 Å². The molecule has 0 saturated carbocycles. The largest absolute Gasteiger partial charge is 0.309 e. The first-order valence-electron chi connectivity index (χ1n) is 20.9. The third-order valence-electron chi connectivity index (χ3n) is 11.9. The Kier molecular flexibility index (Phi) is 8.42. The van der Waals surface area contributed by atoms with E-state index in [0.717, 1.165) is 50.3 Å². The minimum absolute atomic E-state index is 0.624. The third kappa shape index (κ3) is 5.98. The average molecular weight is 792 g/mol. The number of fused-ring (bicyclic) bond motifs is 7. The molecule has 5 nitrogen and oxygen atoms in total. The molecule has 0 bridgehead atoms. The molecule has 12 aromatic rings. The molecule has 0 amide bonds. The fourth-order valence-electron chi connectivity index (χ4n) is 9.11. The molecule has 0 atom stereocenters. The van der Waals surface area contributed by atoms with E-state index in [-0.39, 0.29) is 0 Å². The number of hydrogen-bond acceptors (Lipinski definition) is 3. The van der Waals surface area contributed by atoms with Crippen LogP contribution in [-0.2, 0) is 0 Å². The van der Waals surface area contributed by atoms with E-state index in [2.05, 4.69) is 173 Å². The van der Waals surface area contributed by atoms with E-state index in [4.69, 9.17) is 15.0 Å². The van der Waals surface area contributed by atoms with Crippen LogP contribution in [0.25, 0.3) is 111 Å². The highest BCUT2D eigenvalue weighted by Gasteiger charge is 2.21. The maximum atomic E-state index is 5.11. The van der Waals surface area contributed by atoms with Crippen LogP contribution in [0.15, 0.2) is 224 Å². The number of benzene rings is 9. The normalized spacial score (nSPS) is 11.5. The van der Waals surface area contributed by atoms with Gasteiger partial charge in [-0.05, 0) is 89.0 Å². The summed E-state index contributed by atoms with van der Waals surface area (Å²) in [5.41, 5.74) is 14.2. The number of hydrogen-bond donors (Lipinski definition) is 0. The third-order valence-corrected chi connectivity index (χ3v) is 11.9. The first kappa shape index (κ1) is 35.5. The second kappa shape index (κ2) is 14.7. The molecule has 290 valence electrons. The van der Waals surface area contributed by atoms with E-state index in [9.17, 15) is 0 Å². The topological polar surface area (TPSA) is 48.5 Å². The van der Waals surface area contributed by atoms with Crippen LogP contribution in [-0.4, -0.2) is 24.1 Å². The van der Waals surface area contributed by atoms with E-state index >= 15 is 0 Å². The van der Waals surface area contributed by atoms with E-state index in [1.165, 1.54) is 43.6 Å². The van der Waals surface area contributed by atoms with Gasteiger partial charge in [-0.25, -0.2) is 15.0 Å². The number of aromatic nitrogens is 5. The Labute approximate surface area is 358 Å². The number of para-hydroxylation sites is 3. The van der Waals surface area contributed by atoms with Crippen molar-refractivity contribution >= 4 is 43.6 Å². The van der Waals surface area contributed by atoms with Crippen LogP contribution in [0.2, 0.25) is 0 Å². The van der Waals surface area contributed by atoms with Crippen molar-refractivity contribution in [3.05, 3.63) is 224 Å². The Morgan fingerprint density at radius 2 is 0.597 bits per heavy atom. The zero-order valence-electron chi connectivity index (χ0n) is 33.6. The van der Waals surface area contributed by atoms with E-state index in [1.54, 1.807) is 0 Å². The van der Waals surface area contributed by atoms with Crippen LogP contribution in [0.3, 0.4) is 0 Å². The van der Waals surface area contributed by atoms with E-state index < -0.39 is 0 Å². The number of rotatable bonds is 7. The minimum Gasteiger partial charge on any atom is -0.309 e. The van der Waals surface area contributed by atoms with Gasteiger partial charge in [0.25, 0.3) is 0 Å². The lowest BCUT2D eigenvalue weighted by atomic mass is 9.95. The van der Waals surface area contributed by atoms with Crippen LogP contribution in [0.1, 0.15) is 0 Å². The Balaban J connectivity index is 1.02. The highest BCUT2D eigenvalue weighted by molar-refractivity contribution is 6.28. The minimum atomic E-state index is 0.624. The van der Waals surface area contributed by atoms with Gasteiger partial charge in [-0.1, -0.05) is 158 Å². The molecular weight excluding hydrogens is 755 g/mol. The molecule has 0 spiro atoms. The molecule has 9 aromatic carbocycles. The summed E-state index contributed by atoms with van der Waals surface area (Å²) in [5.74, 6) is 1.90. The molecular formula is C57H37N5. The van der Waals surface area contributed by atoms with Crippen LogP contribution < -0.4 is 0 Å². The first-order valence-corrected chi connectivity index (χ1v) is 20.9. The molecule has 0 fully saturated rings. The van der Waals surface area contributed by atoms with Gasteiger partial charge < -0.3 is 9.13 Å². The lowest BCUT2D eigenvalue weighted by Crippen LogP contribution is -2.00. The molecule has 0 aliphatic rings. The lowest BCUT2D eigenvalue weighted by molar-refractivity contribution is 1.07. The van der Waals surface area contributed by atoms with Gasteiger partial charge in [0, 0.05) is 49.6 Å². The molecule has 0 N–H and O–H groups in total.